The number of nitrogens with zero attached hydrogens (tertiary/aromatic N) is 2. The van der Waals surface area contributed by atoms with Crippen LogP contribution in [0.5, 0.6) is 0 Å². The van der Waals surface area contributed by atoms with E-state index < -0.39 is 11.6 Å². The van der Waals surface area contributed by atoms with Gasteiger partial charge in [-0.1, -0.05) is 0 Å². The fraction of sp³-hybridized carbons (Fsp3) is 0.429. The number of anilines is 1. The van der Waals surface area contributed by atoms with E-state index in [-0.39, 0.29) is 23.1 Å². The van der Waals surface area contributed by atoms with Gasteiger partial charge in [0.15, 0.2) is 11.6 Å². The van der Waals surface area contributed by atoms with E-state index in [1.54, 1.807) is 13.1 Å². The van der Waals surface area contributed by atoms with Crippen LogP contribution in [0.4, 0.5) is 14.5 Å². The van der Waals surface area contributed by atoms with Crippen molar-refractivity contribution in [2.24, 2.45) is 0 Å². The Morgan fingerprint density at radius 3 is 2.26 bits per heavy atom. The predicted octanol–water partition coefficient (Wildman–Crippen LogP) is 2.78. The summed E-state index contributed by atoms with van der Waals surface area (Å²) in [4.78, 5) is 12.7. The molecule has 5 heteroatoms. The minimum Gasteiger partial charge on any atom is -0.367 e. The Bertz CT molecular complexity index is 518. The van der Waals surface area contributed by atoms with Crippen LogP contribution in [0, 0.1) is 23.0 Å². The molecule has 1 saturated carbocycles. The number of carbonyl (C=O) groups is 1. The fourth-order valence-corrected chi connectivity index (χ4v) is 2.46. The van der Waals surface area contributed by atoms with Gasteiger partial charge >= 0.3 is 0 Å². The van der Waals surface area contributed by atoms with E-state index >= 15 is 0 Å². The molecule has 0 saturated heterocycles. The van der Waals surface area contributed by atoms with Crippen molar-refractivity contribution in [1.29, 1.82) is 5.26 Å². The molecular weight excluding hydrogens is 250 g/mol. The Hall–Kier alpha value is -1.96. The van der Waals surface area contributed by atoms with E-state index in [9.17, 15) is 13.6 Å². The Kier molecular flexibility index (Phi) is 3.79. The van der Waals surface area contributed by atoms with Crippen LogP contribution in [-0.4, -0.2) is 18.9 Å². The van der Waals surface area contributed by atoms with E-state index in [0.717, 1.165) is 12.1 Å². The van der Waals surface area contributed by atoms with Crippen molar-refractivity contribution in [2.75, 3.05) is 11.9 Å². The highest BCUT2D eigenvalue weighted by Crippen LogP contribution is 2.29. The molecule has 1 fully saturated rings. The molecule has 1 aliphatic carbocycles. The molecule has 0 atom stereocenters. The number of hydrogen-bond acceptors (Lipinski definition) is 3. The van der Waals surface area contributed by atoms with Gasteiger partial charge < -0.3 is 4.90 Å². The quantitative estimate of drug-likeness (QED) is 0.825. The van der Waals surface area contributed by atoms with E-state index in [0.29, 0.717) is 25.7 Å². The van der Waals surface area contributed by atoms with Gasteiger partial charge in [0.05, 0.1) is 11.6 Å². The smallest absolute Gasteiger partial charge is 0.150 e. The van der Waals surface area contributed by atoms with Crippen LogP contribution in [0.15, 0.2) is 12.1 Å². The van der Waals surface area contributed by atoms with Gasteiger partial charge in [-0.3, -0.25) is 4.79 Å². The lowest BCUT2D eigenvalue weighted by molar-refractivity contribution is -0.120. The Balaban J connectivity index is 2.26. The average molecular weight is 264 g/mol. The van der Waals surface area contributed by atoms with Crippen molar-refractivity contribution in [2.45, 2.75) is 31.7 Å². The standard InChI is InChI=1S/C14H14F2N2O/c1-18(10-2-4-11(19)5-3-10)14-12(15)6-9(8-17)7-13(14)16/h6-7,10H,2-5H2,1H3. The van der Waals surface area contributed by atoms with E-state index in [1.165, 1.54) is 4.90 Å². The van der Waals surface area contributed by atoms with Crippen molar-refractivity contribution < 1.29 is 13.6 Å². The van der Waals surface area contributed by atoms with Crippen LogP contribution < -0.4 is 4.90 Å². The second-order valence-corrected chi connectivity index (χ2v) is 4.78. The number of Topliss-reactive ketones (excluding diaryl/α,β-unsaturated/α-hetero) is 1. The van der Waals surface area contributed by atoms with Crippen molar-refractivity contribution >= 4 is 11.5 Å². The molecule has 1 aromatic rings. The van der Waals surface area contributed by atoms with Crippen LogP contribution in [0.3, 0.4) is 0 Å². The van der Waals surface area contributed by atoms with Crippen molar-refractivity contribution in [1.82, 2.24) is 0 Å². The fourth-order valence-electron chi connectivity index (χ4n) is 2.46. The average Bonchev–Trinajstić information content (AvgIpc) is 2.38. The predicted molar refractivity (Wildman–Crippen MR) is 66.7 cm³/mol. The van der Waals surface area contributed by atoms with Gasteiger partial charge in [-0.25, -0.2) is 8.78 Å². The van der Waals surface area contributed by atoms with Crippen molar-refractivity contribution in [3.8, 4) is 6.07 Å². The van der Waals surface area contributed by atoms with Gasteiger partial charge in [-0.15, -0.1) is 0 Å². The van der Waals surface area contributed by atoms with E-state index in [2.05, 4.69) is 0 Å². The minimum absolute atomic E-state index is 0.0361. The zero-order chi connectivity index (χ0) is 14.0. The lowest BCUT2D eigenvalue weighted by atomic mass is 9.93. The second kappa shape index (κ2) is 5.35. The summed E-state index contributed by atoms with van der Waals surface area (Å²) in [5.74, 6) is -1.28. The molecule has 0 spiro atoms. The molecule has 0 heterocycles. The molecule has 3 nitrogen and oxygen atoms in total. The molecule has 0 unspecified atom stereocenters. The largest absolute Gasteiger partial charge is 0.367 e. The first kappa shape index (κ1) is 13.5. The zero-order valence-electron chi connectivity index (χ0n) is 10.6. The number of hydrogen-bond donors (Lipinski definition) is 0. The first-order valence-electron chi connectivity index (χ1n) is 6.16. The van der Waals surface area contributed by atoms with Crippen molar-refractivity contribution in [3.63, 3.8) is 0 Å². The first-order chi connectivity index (χ1) is 9.02. The summed E-state index contributed by atoms with van der Waals surface area (Å²) in [7, 11) is 1.62. The van der Waals surface area contributed by atoms with Gasteiger partial charge in [-0.2, -0.15) is 5.26 Å². The monoisotopic (exact) mass is 264 g/mol. The summed E-state index contributed by atoms with van der Waals surface area (Å²) in [6.07, 6.45) is 2.12. The van der Waals surface area contributed by atoms with Gasteiger partial charge in [0.2, 0.25) is 0 Å². The summed E-state index contributed by atoms with van der Waals surface area (Å²) in [6.45, 7) is 0. The molecule has 0 aromatic heterocycles. The molecule has 0 radical (unpaired) electrons. The lowest BCUT2D eigenvalue weighted by Gasteiger charge is -2.32. The molecule has 19 heavy (non-hydrogen) atoms. The highest BCUT2D eigenvalue weighted by Gasteiger charge is 2.26. The molecule has 2 rings (SSSR count). The van der Waals surface area contributed by atoms with Gasteiger partial charge in [0.1, 0.15) is 11.5 Å². The number of halogens is 2. The SMILES string of the molecule is CN(c1c(F)cc(C#N)cc1F)C1CCC(=O)CC1. The zero-order valence-corrected chi connectivity index (χ0v) is 10.6. The maximum absolute atomic E-state index is 13.9. The van der Waals surface area contributed by atoms with Crippen LogP contribution in [0.25, 0.3) is 0 Å². The Morgan fingerprint density at radius 1 is 1.26 bits per heavy atom. The van der Waals surface area contributed by atoms with Crippen molar-refractivity contribution in [3.05, 3.63) is 29.3 Å². The van der Waals surface area contributed by atoms with Crippen LogP contribution in [0.2, 0.25) is 0 Å². The minimum atomic E-state index is -0.740. The van der Waals surface area contributed by atoms with Crippen LogP contribution in [-0.2, 0) is 4.79 Å². The molecule has 1 aliphatic rings. The van der Waals surface area contributed by atoms with E-state index in [1.807, 2.05) is 0 Å². The normalized spacial score (nSPS) is 16.2. The first-order valence-corrected chi connectivity index (χ1v) is 6.16. The maximum Gasteiger partial charge on any atom is 0.150 e. The summed E-state index contributed by atoms with van der Waals surface area (Å²) >= 11 is 0. The summed E-state index contributed by atoms with van der Waals surface area (Å²) in [5, 5.41) is 8.66. The second-order valence-electron chi connectivity index (χ2n) is 4.78. The molecule has 1 aromatic carbocycles. The topological polar surface area (TPSA) is 44.1 Å². The Labute approximate surface area is 110 Å². The lowest BCUT2D eigenvalue weighted by Crippen LogP contribution is -2.36. The van der Waals surface area contributed by atoms with Gasteiger partial charge in [0, 0.05) is 25.9 Å². The molecule has 0 aliphatic heterocycles. The van der Waals surface area contributed by atoms with Crippen LogP contribution in [0.1, 0.15) is 31.2 Å². The summed E-state index contributed by atoms with van der Waals surface area (Å²) in [5.41, 5.74) is -0.163. The number of benzene rings is 1. The van der Waals surface area contributed by atoms with Gasteiger partial charge in [-0.05, 0) is 25.0 Å². The number of carbonyl (C=O) groups excluding carboxylic acids is 1. The number of ketones is 1. The van der Waals surface area contributed by atoms with E-state index in [4.69, 9.17) is 5.26 Å². The third-order valence-electron chi connectivity index (χ3n) is 3.56. The van der Waals surface area contributed by atoms with Gasteiger partial charge in [0.25, 0.3) is 0 Å². The molecular formula is C14H14F2N2O. The third-order valence-corrected chi connectivity index (χ3v) is 3.56. The summed E-state index contributed by atoms with van der Waals surface area (Å²) < 4.78 is 27.8. The third kappa shape index (κ3) is 2.73. The number of nitriles is 1. The number of rotatable bonds is 2. The maximum atomic E-state index is 13.9. The summed E-state index contributed by atoms with van der Waals surface area (Å²) in [6, 6.07) is 3.73. The molecule has 0 amide bonds. The highest BCUT2D eigenvalue weighted by atomic mass is 19.1. The molecule has 0 bridgehead atoms. The Morgan fingerprint density at radius 2 is 1.79 bits per heavy atom. The molecule has 100 valence electrons. The van der Waals surface area contributed by atoms with Crippen LogP contribution >= 0.6 is 0 Å². The molecule has 0 N–H and O–H groups in total. The highest BCUT2D eigenvalue weighted by molar-refractivity contribution is 5.79.